The van der Waals surface area contributed by atoms with Crippen LogP contribution in [0.1, 0.15) is 39.9 Å². The number of carbonyl (C=O) groups excluding carboxylic acids is 3. The first-order valence-corrected chi connectivity index (χ1v) is 10.6. The summed E-state index contributed by atoms with van der Waals surface area (Å²) in [5, 5.41) is 9.07. The predicted molar refractivity (Wildman–Crippen MR) is 113 cm³/mol. The zero-order chi connectivity index (χ0) is 21.4. The van der Waals surface area contributed by atoms with Gasteiger partial charge in [0.2, 0.25) is 11.8 Å². The molecule has 3 aliphatic rings. The van der Waals surface area contributed by atoms with Gasteiger partial charge in [0, 0.05) is 55.5 Å². The molecule has 2 aromatic carbocycles. The van der Waals surface area contributed by atoms with Gasteiger partial charge in [0.05, 0.1) is 0 Å². The summed E-state index contributed by atoms with van der Waals surface area (Å²) in [7, 11) is 0. The molecule has 0 aliphatic carbocycles. The molecular formula is C23H24N4O4. The Hall–Kier alpha value is -3.39. The van der Waals surface area contributed by atoms with E-state index in [2.05, 4.69) is 22.0 Å². The van der Waals surface area contributed by atoms with E-state index in [-0.39, 0.29) is 24.1 Å². The number of nitrogens with zero attached hydrogens (tertiary/aromatic N) is 1. The van der Waals surface area contributed by atoms with Crippen LogP contribution in [-0.2, 0) is 29.2 Å². The summed E-state index contributed by atoms with van der Waals surface area (Å²) in [5.41, 5.74) is 4.70. The van der Waals surface area contributed by atoms with Gasteiger partial charge in [-0.2, -0.15) is 0 Å². The van der Waals surface area contributed by atoms with Crippen molar-refractivity contribution in [3.05, 3.63) is 58.7 Å². The Morgan fingerprint density at radius 3 is 2.87 bits per heavy atom. The monoisotopic (exact) mass is 420 g/mol. The maximum Gasteiger partial charge on any atom is 0.255 e. The second-order valence-electron chi connectivity index (χ2n) is 8.09. The molecule has 8 heteroatoms. The Balaban J connectivity index is 1.27. The molecule has 0 spiro atoms. The number of piperidine rings is 1. The van der Waals surface area contributed by atoms with Crippen LogP contribution in [0.25, 0.3) is 0 Å². The highest BCUT2D eigenvalue weighted by atomic mass is 16.5. The summed E-state index contributed by atoms with van der Waals surface area (Å²) in [4.78, 5) is 38.0. The van der Waals surface area contributed by atoms with Gasteiger partial charge in [-0.25, -0.2) is 0 Å². The Morgan fingerprint density at radius 1 is 1.10 bits per heavy atom. The normalized spacial score (nSPS) is 20.5. The van der Waals surface area contributed by atoms with Gasteiger partial charge in [0.15, 0.2) is 0 Å². The highest BCUT2D eigenvalue weighted by Gasteiger charge is 2.39. The number of anilines is 1. The lowest BCUT2D eigenvalue weighted by Gasteiger charge is -2.29. The number of ether oxygens (including phenoxy) is 1. The van der Waals surface area contributed by atoms with Crippen LogP contribution in [0.4, 0.5) is 5.69 Å². The zero-order valence-corrected chi connectivity index (χ0v) is 17.1. The summed E-state index contributed by atoms with van der Waals surface area (Å²) < 4.78 is 5.80. The van der Waals surface area contributed by atoms with Crippen LogP contribution >= 0.6 is 0 Å². The molecular weight excluding hydrogens is 396 g/mol. The third kappa shape index (κ3) is 3.86. The van der Waals surface area contributed by atoms with Gasteiger partial charge in [0.1, 0.15) is 18.4 Å². The molecule has 1 atom stereocenters. The standard InChI is InChI=1S/C23H24N4O4/c28-21-6-5-19(22(29)26-21)27-13-16-9-14(1-4-18(16)23(27)30)11-25-17-3-2-15-12-24-7-8-31-20(15)10-17/h1-4,9-10,19,24-25H,5-8,11-13H2,(H,26,28,29). The molecule has 1 unspecified atom stereocenters. The average molecular weight is 420 g/mol. The van der Waals surface area contributed by atoms with Crippen LogP contribution in [0.5, 0.6) is 5.75 Å². The molecule has 2 aromatic rings. The summed E-state index contributed by atoms with van der Waals surface area (Å²) in [5.74, 6) is 0.0770. The molecule has 3 heterocycles. The van der Waals surface area contributed by atoms with Crippen molar-refractivity contribution in [2.24, 2.45) is 0 Å². The van der Waals surface area contributed by atoms with E-state index in [0.29, 0.717) is 31.7 Å². The summed E-state index contributed by atoms with van der Waals surface area (Å²) >= 11 is 0. The summed E-state index contributed by atoms with van der Waals surface area (Å²) in [6.45, 7) is 3.28. The van der Waals surface area contributed by atoms with Crippen molar-refractivity contribution in [1.29, 1.82) is 0 Å². The van der Waals surface area contributed by atoms with Crippen molar-refractivity contribution in [3.63, 3.8) is 0 Å². The van der Waals surface area contributed by atoms with E-state index in [0.717, 1.165) is 41.2 Å². The van der Waals surface area contributed by atoms with Crippen molar-refractivity contribution < 1.29 is 19.1 Å². The Morgan fingerprint density at radius 2 is 2.00 bits per heavy atom. The lowest BCUT2D eigenvalue weighted by Crippen LogP contribution is -2.52. The number of imide groups is 1. The van der Waals surface area contributed by atoms with Crippen molar-refractivity contribution in [2.75, 3.05) is 18.5 Å². The van der Waals surface area contributed by atoms with Crippen molar-refractivity contribution in [1.82, 2.24) is 15.5 Å². The van der Waals surface area contributed by atoms with Crippen LogP contribution in [0.3, 0.4) is 0 Å². The Bertz CT molecular complexity index is 1070. The second kappa shape index (κ2) is 8.03. The summed E-state index contributed by atoms with van der Waals surface area (Å²) in [6, 6.07) is 11.3. The molecule has 0 bridgehead atoms. The maximum absolute atomic E-state index is 12.8. The van der Waals surface area contributed by atoms with Crippen LogP contribution in [-0.4, -0.2) is 41.8 Å². The first-order valence-electron chi connectivity index (χ1n) is 10.6. The number of carbonyl (C=O) groups is 3. The van der Waals surface area contributed by atoms with Crippen LogP contribution in [0.2, 0.25) is 0 Å². The number of fused-ring (bicyclic) bond motifs is 2. The lowest BCUT2D eigenvalue weighted by atomic mass is 10.0. The maximum atomic E-state index is 12.8. The number of benzene rings is 2. The van der Waals surface area contributed by atoms with Crippen LogP contribution in [0.15, 0.2) is 36.4 Å². The minimum Gasteiger partial charge on any atom is -0.492 e. The molecule has 3 amide bonds. The quantitative estimate of drug-likeness (QED) is 0.649. The van der Waals surface area contributed by atoms with E-state index in [1.165, 1.54) is 0 Å². The van der Waals surface area contributed by atoms with E-state index in [9.17, 15) is 14.4 Å². The highest BCUT2D eigenvalue weighted by Crippen LogP contribution is 2.29. The van der Waals surface area contributed by atoms with E-state index in [4.69, 9.17) is 4.74 Å². The van der Waals surface area contributed by atoms with Crippen molar-refractivity contribution in [2.45, 2.75) is 38.5 Å². The summed E-state index contributed by atoms with van der Waals surface area (Å²) in [6.07, 6.45) is 0.626. The molecule has 1 saturated heterocycles. The fourth-order valence-electron chi connectivity index (χ4n) is 4.34. The van der Waals surface area contributed by atoms with Gasteiger partial charge in [0.25, 0.3) is 5.91 Å². The van der Waals surface area contributed by atoms with Gasteiger partial charge >= 0.3 is 0 Å². The molecule has 0 radical (unpaired) electrons. The van der Waals surface area contributed by atoms with Crippen molar-refractivity contribution in [3.8, 4) is 5.75 Å². The van der Waals surface area contributed by atoms with Gasteiger partial charge < -0.3 is 20.3 Å². The minimum absolute atomic E-state index is 0.152. The number of amides is 3. The predicted octanol–water partition coefficient (Wildman–Crippen LogP) is 1.54. The Kier molecular flexibility index (Phi) is 5.07. The first kappa shape index (κ1) is 19.6. The molecule has 8 nitrogen and oxygen atoms in total. The highest BCUT2D eigenvalue weighted by molar-refractivity contribution is 6.05. The average Bonchev–Trinajstić information content (AvgIpc) is 2.93. The lowest BCUT2D eigenvalue weighted by molar-refractivity contribution is -0.136. The van der Waals surface area contributed by atoms with Crippen LogP contribution < -0.4 is 20.7 Å². The molecule has 3 aliphatic heterocycles. The SMILES string of the molecule is O=C1CCC(N2Cc3cc(CNc4ccc5c(c4)OCCNC5)ccc3C2=O)C(=O)N1. The molecule has 0 saturated carbocycles. The van der Waals surface area contributed by atoms with E-state index < -0.39 is 6.04 Å². The van der Waals surface area contributed by atoms with Crippen LogP contribution in [0, 0.1) is 0 Å². The molecule has 0 aromatic heterocycles. The van der Waals surface area contributed by atoms with Gasteiger partial charge in [-0.05, 0) is 29.7 Å². The van der Waals surface area contributed by atoms with E-state index in [1.54, 1.807) is 4.90 Å². The number of hydrogen-bond donors (Lipinski definition) is 3. The molecule has 31 heavy (non-hydrogen) atoms. The first-order chi connectivity index (χ1) is 15.1. The van der Waals surface area contributed by atoms with E-state index >= 15 is 0 Å². The zero-order valence-electron chi connectivity index (χ0n) is 17.1. The number of nitrogens with one attached hydrogen (secondary N) is 3. The van der Waals surface area contributed by atoms with E-state index in [1.807, 2.05) is 30.3 Å². The second-order valence-corrected chi connectivity index (χ2v) is 8.09. The smallest absolute Gasteiger partial charge is 0.255 e. The fraction of sp³-hybridized carbons (Fsp3) is 0.348. The van der Waals surface area contributed by atoms with Gasteiger partial charge in [-0.15, -0.1) is 0 Å². The third-order valence-electron chi connectivity index (χ3n) is 6.00. The van der Waals surface area contributed by atoms with Gasteiger partial charge in [-0.1, -0.05) is 18.2 Å². The number of hydrogen-bond acceptors (Lipinski definition) is 6. The largest absolute Gasteiger partial charge is 0.492 e. The van der Waals surface area contributed by atoms with Gasteiger partial charge in [-0.3, -0.25) is 19.7 Å². The third-order valence-corrected chi connectivity index (χ3v) is 6.00. The topological polar surface area (TPSA) is 99.8 Å². The molecule has 1 fully saturated rings. The molecule has 160 valence electrons. The Labute approximate surface area is 179 Å². The fourth-order valence-corrected chi connectivity index (χ4v) is 4.34. The molecule has 3 N–H and O–H groups in total. The van der Waals surface area contributed by atoms with Crippen molar-refractivity contribution >= 4 is 23.4 Å². The number of rotatable bonds is 4. The minimum atomic E-state index is -0.590. The molecule has 5 rings (SSSR count).